The van der Waals surface area contributed by atoms with Crippen LogP contribution in [-0.4, -0.2) is 5.78 Å². The normalized spacial score (nSPS) is 10.6. The number of hydrogen-bond donors (Lipinski definition) is 0. The van der Waals surface area contributed by atoms with Crippen molar-refractivity contribution < 1.29 is 9.18 Å². The van der Waals surface area contributed by atoms with Crippen molar-refractivity contribution in [1.29, 1.82) is 0 Å². The standard InChI is InChI=1S/C15H10BrCl2FO/c16-15-9(3-1-6-14(15)19)7-10(20)8-11-12(17)4-2-5-13(11)18/h1-6H,7-8H2. The first kappa shape index (κ1) is 15.5. The van der Waals surface area contributed by atoms with Gasteiger partial charge in [-0.3, -0.25) is 4.79 Å². The quantitative estimate of drug-likeness (QED) is 0.713. The lowest BCUT2D eigenvalue weighted by molar-refractivity contribution is -0.117. The van der Waals surface area contributed by atoms with Crippen LogP contribution in [0.25, 0.3) is 0 Å². The van der Waals surface area contributed by atoms with Gasteiger partial charge < -0.3 is 0 Å². The molecule has 0 unspecified atom stereocenters. The molecule has 2 rings (SSSR count). The molecule has 0 bridgehead atoms. The van der Waals surface area contributed by atoms with Gasteiger partial charge in [-0.25, -0.2) is 4.39 Å². The average molecular weight is 376 g/mol. The van der Waals surface area contributed by atoms with Crippen molar-refractivity contribution in [1.82, 2.24) is 0 Å². The molecule has 0 aliphatic heterocycles. The largest absolute Gasteiger partial charge is 0.299 e. The second-order valence-electron chi connectivity index (χ2n) is 4.31. The van der Waals surface area contributed by atoms with Gasteiger partial charge in [0.05, 0.1) is 4.47 Å². The molecule has 0 saturated heterocycles. The predicted octanol–water partition coefficient (Wildman–Crippen LogP) is 5.25. The summed E-state index contributed by atoms with van der Waals surface area (Å²) in [6.07, 6.45) is 0.251. The summed E-state index contributed by atoms with van der Waals surface area (Å²) in [7, 11) is 0. The molecule has 5 heteroatoms. The maximum atomic E-state index is 13.4. The van der Waals surface area contributed by atoms with Gasteiger partial charge in [-0.05, 0) is 45.3 Å². The van der Waals surface area contributed by atoms with E-state index in [0.29, 0.717) is 25.6 Å². The Bertz CT molecular complexity index is 638. The second kappa shape index (κ2) is 6.70. The van der Waals surface area contributed by atoms with Gasteiger partial charge in [-0.2, -0.15) is 0 Å². The van der Waals surface area contributed by atoms with Crippen LogP contribution in [-0.2, 0) is 17.6 Å². The average Bonchev–Trinajstić information content (AvgIpc) is 2.39. The molecule has 0 heterocycles. The molecule has 0 amide bonds. The Labute approximate surface area is 134 Å². The first-order chi connectivity index (χ1) is 9.49. The minimum atomic E-state index is -0.383. The van der Waals surface area contributed by atoms with E-state index in [0.717, 1.165) is 0 Å². The number of halogens is 4. The molecule has 0 N–H and O–H groups in total. The van der Waals surface area contributed by atoms with E-state index in [1.807, 2.05) is 0 Å². The van der Waals surface area contributed by atoms with Gasteiger partial charge in [-0.15, -0.1) is 0 Å². The van der Waals surface area contributed by atoms with E-state index in [1.54, 1.807) is 30.3 Å². The van der Waals surface area contributed by atoms with E-state index in [2.05, 4.69) is 15.9 Å². The summed E-state index contributed by atoms with van der Waals surface area (Å²) in [5.41, 5.74) is 1.21. The molecule has 2 aromatic rings. The molecule has 104 valence electrons. The number of ketones is 1. The molecular formula is C15H10BrCl2FO. The lowest BCUT2D eigenvalue weighted by atomic mass is 10.0. The highest BCUT2D eigenvalue weighted by molar-refractivity contribution is 9.10. The van der Waals surface area contributed by atoms with Crippen LogP contribution in [0.1, 0.15) is 11.1 Å². The molecule has 0 atom stereocenters. The highest BCUT2D eigenvalue weighted by atomic mass is 79.9. The Hall–Kier alpha value is -0.900. The summed E-state index contributed by atoms with van der Waals surface area (Å²) in [4.78, 5) is 12.1. The lowest BCUT2D eigenvalue weighted by Gasteiger charge is -2.07. The Morgan fingerprint density at radius 2 is 1.65 bits per heavy atom. The maximum Gasteiger partial charge on any atom is 0.141 e. The van der Waals surface area contributed by atoms with Gasteiger partial charge in [0.1, 0.15) is 11.6 Å². The summed E-state index contributed by atoms with van der Waals surface area (Å²) in [5.74, 6) is -0.461. The van der Waals surface area contributed by atoms with E-state index in [1.165, 1.54) is 6.07 Å². The summed E-state index contributed by atoms with van der Waals surface area (Å²) >= 11 is 15.2. The number of carbonyl (C=O) groups is 1. The van der Waals surface area contributed by atoms with E-state index in [-0.39, 0.29) is 24.4 Å². The fourth-order valence-electron chi connectivity index (χ4n) is 1.86. The van der Waals surface area contributed by atoms with Gasteiger partial charge >= 0.3 is 0 Å². The molecule has 1 nitrogen and oxygen atoms in total. The number of carbonyl (C=O) groups excluding carboxylic acids is 1. The molecule has 0 aliphatic carbocycles. The van der Waals surface area contributed by atoms with Gasteiger partial charge in [0.15, 0.2) is 0 Å². The van der Waals surface area contributed by atoms with Crippen LogP contribution in [0.15, 0.2) is 40.9 Å². The number of rotatable bonds is 4. The lowest BCUT2D eigenvalue weighted by Crippen LogP contribution is -2.08. The second-order valence-corrected chi connectivity index (χ2v) is 5.91. The fourth-order valence-corrected chi connectivity index (χ4v) is 2.79. The van der Waals surface area contributed by atoms with Gasteiger partial charge in [0, 0.05) is 22.9 Å². The zero-order chi connectivity index (χ0) is 14.7. The summed E-state index contributed by atoms with van der Waals surface area (Å²) in [5, 5.41) is 0.924. The van der Waals surface area contributed by atoms with Crippen molar-refractivity contribution in [2.75, 3.05) is 0 Å². The molecule has 20 heavy (non-hydrogen) atoms. The van der Waals surface area contributed by atoms with E-state index in [9.17, 15) is 9.18 Å². The Morgan fingerprint density at radius 1 is 1.05 bits per heavy atom. The van der Waals surface area contributed by atoms with Gasteiger partial charge in [0.2, 0.25) is 0 Å². The minimum Gasteiger partial charge on any atom is -0.299 e. The Morgan fingerprint density at radius 3 is 2.30 bits per heavy atom. The molecular weight excluding hydrogens is 366 g/mol. The topological polar surface area (TPSA) is 17.1 Å². The third-order valence-electron chi connectivity index (χ3n) is 2.85. The van der Waals surface area contributed by atoms with Crippen LogP contribution in [0, 0.1) is 5.82 Å². The van der Waals surface area contributed by atoms with Crippen LogP contribution < -0.4 is 0 Å². The summed E-state index contributed by atoms with van der Waals surface area (Å²) in [6, 6.07) is 9.72. The Balaban J connectivity index is 2.16. The van der Waals surface area contributed by atoms with E-state index >= 15 is 0 Å². The first-order valence-electron chi connectivity index (χ1n) is 5.86. The monoisotopic (exact) mass is 374 g/mol. The Kier molecular flexibility index (Phi) is 5.19. The number of benzene rings is 2. The molecule has 0 aromatic heterocycles. The summed E-state index contributed by atoms with van der Waals surface area (Å²) in [6.45, 7) is 0. The minimum absolute atomic E-state index is 0.0775. The van der Waals surface area contributed by atoms with E-state index in [4.69, 9.17) is 23.2 Å². The van der Waals surface area contributed by atoms with Crippen molar-refractivity contribution in [3.05, 3.63) is 67.9 Å². The first-order valence-corrected chi connectivity index (χ1v) is 7.41. The molecule has 2 aromatic carbocycles. The van der Waals surface area contributed by atoms with Crippen LogP contribution in [0.3, 0.4) is 0 Å². The zero-order valence-electron chi connectivity index (χ0n) is 10.3. The van der Waals surface area contributed by atoms with Crippen LogP contribution >= 0.6 is 39.1 Å². The molecule has 0 radical (unpaired) electrons. The zero-order valence-corrected chi connectivity index (χ0v) is 13.4. The van der Waals surface area contributed by atoms with Gasteiger partial charge in [-0.1, -0.05) is 41.4 Å². The van der Waals surface area contributed by atoms with Crippen molar-refractivity contribution >= 4 is 44.9 Å². The highest BCUT2D eigenvalue weighted by Gasteiger charge is 2.14. The molecule has 0 spiro atoms. The van der Waals surface area contributed by atoms with Crippen molar-refractivity contribution in [3.63, 3.8) is 0 Å². The third-order valence-corrected chi connectivity index (χ3v) is 4.45. The predicted molar refractivity (Wildman–Crippen MR) is 83.0 cm³/mol. The van der Waals surface area contributed by atoms with Crippen LogP contribution in [0.4, 0.5) is 4.39 Å². The third kappa shape index (κ3) is 3.60. The highest BCUT2D eigenvalue weighted by Crippen LogP contribution is 2.26. The van der Waals surface area contributed by atoms with Crippen molar-refractivity contribution in [3.8, 4) is 0 Å². The number of hydrogen-bond acceptors (Lipinski definition) is 1. The molecule has 0 fully saturated rings. The summed E-state index contributed by atoms with van der Waals surface area (Å²) < 4.78 is 13.7. The van der Waals surface area contributed by atoms with Crippen molar-refractivity contribution in [2.24, 2.45) is 0 Å². The fraction of sp³-hybridized carbons (Fsp3) is 0.133. The van der Waals surface area contributed by atoms with Crippen LogP contribution in [0.2, 0.25) is 10.0 Å². The smallest absolute Gasteiger partial charge is 0.141 e. The van der Waals surface area contributed by atoms with Crippen LogP contribution in [0.5, 0.6) is 0 Å². The molecule has 0 aliphatic rings. The molecule has 0 saturated carbocycles. The van der Waals surface area contributed by atoms with Gasteiger partial charge in [0.25, 0.3) is 0 Å². The number of Topliss-reactive ketones (excluding diaryl/α,β-unsaturated/α-hetero) is 1. The SMILES string of the molecule is O=C(Cc1cccc(F)c1Br)Cc1c(Cl)cccc1Cl. The van der Waals surface area contributed by atoms with Crippen molar-refractivity contribution in [2.45, 2.75) is 12.8 Å². The van der Waals surface area contributed by atoms with E-state index < -0.39 is 0 Å². The maximum absolute atomic E-state index is 13.4.